The van der Waals surface area contributed by atoms with Crippen LogP contribution in [-0.2, 0) is 0 Å². The van der Waals surface area contributed by atoms with Crippen LogP contribution >= 0.6 is 11.3 Å². The molecular formula is C14H23NO2SSn2. The molecule has 0 radical (unpaired) electrons. The molecule has 0 unspecified atom stereocenters. The molecule has 0 N–H and O–H groups in total. The van der Waals surface area contributed by atoms with Gasteiger partial charge in [-0.3, -0.25) is 0 Å². The van der Waals surface area contributed by atoms with Crippen molar-refractivity contribution in [3.8, 4) is 0 Å². The van der Waals surface area contributed by atoms with Gasteiger partial charge in [0.25, 0.3) is 0 Å². The van der Waals surface area contributed by atoms with Gasteiger partial charge < -0.3 is 0 Å². The maximum absolute atomic E-state index is 12.6. The first-order chi connectivity index (χ1) is 9.00. The summed E-state index contributed by atoms with van der Waals surface area (Å²) >= 11 is -2.96. The van der Waals surface area contributed by atoms with E-state index in [0.717, 1.165) is 11.1 Å². The maximum atomic E-state index is 12.6. The zero-order valence-electron chi connectivity index (χ0n) is 13.4. The van der Waals surface area contributed by atoms with Crippen molar-refractivity contribution >= 4 is 65.7 Å². The average Bonchev–Trinajstić information content (AvgIpc) is 2.76. The Bertz CT molecular complexity index is 545. The van der Waals surface area contributed by atoms with E-state index in [1.807, 2.05) is 18.3 Å². The van der Waals surface area contributed by atoms with Gasteiger partial charge in [0.15, 0.2) is 0 Å². The molecule has 2 heterocycles. The standard InChI is InChI=1S/C8H5NO2S.6CH3.2Sn/c1-2-9-7(10)5-3-12-4-6(5)8(9)11;;;;;;;;/h2H2,1H3;6*1H3;;. The van der Waals surface area contributed by atoms with Gasteiger partial charge in [0.05, 0.1) is 0 Å². The minimum absolute atomic E-state index is 0.0350. The van der Waals surface area contributed by atoms with Crippen molar-refractivity contribution in [3.05, 3.63) is 11.1 Å². The third-order valence-electron chi connectivity index (χ3n) is 3.50. The SMILES string of the molecule is CCN1C(=O)c2[c]([Sn]([CH3])([CH3])[CH3])s[c]([Sn]([CH3])([CH3])[CH3])c2C1=O. The summed E-state index contributed by atoms with van der Waals surface area (Å²) in [6, 6.07) is 0. The number of hydrogen-bond acceptors (Lipinski definition) is 3. The van der Waals surface area contributed by atoms with Crippen molar-refractivity contribution in [3.63, 3.8) is 0 Å². The van der Waals surface area contributed by atoms with Crippen LogP contribution in [0.25, 0.3) is 0 Å². The molecule has 20 heavy (non-hydrogen) atoms. The number of carbonyl (C=O) groups is 2. The molecule has 6 heteroatoms. The Kier molecular flexibility index (Phi) is 4.42. The van der Waals surface area contributed by atoms with Crippen LogP contribution in [0.15, 0.2) is 0 Å². The van der Waals surface area contributed by atoms with Crippen LogP contribution in [0.5, 0.6) is 0 Å². The van der Waals surface area contributed by atoms with E-state index < -0.39 is 36.8 Å². The van der Waals surface area contributed by atoms with Gasteiger partial charge in [0.2, 0.25) is 0 Å². The summed E-state index contributed by atoms with van der Waals surface area (Å²) in [5.74, 6) is -0.0701. The molecule has 0 saturated heterocycles. The topological polar surface area (TPSA) is 37.4 Å². The Hall–Kier alpha value is 0.437. The summed E-state index contributed by atoms with van der Waals surface area (Å²) in [4.78, 5) is 40.6. The fourth-order valence-electron chi connectivity index (χ4n) is 2.54. The summed E-state index contributed by atoms with van der Waals surface area (Å²) in [5.41, 5.74) is 1.60. The second kappa shape index (κ2) is 5.26. The van der Waals surface area contributed by atoms with E-state index in [9.17, 15) is 9.59 Å². The third kappa shape index (κ3) is 2.60. The van der Waals surface area contributed by atoms with E-state index in [4.69, 9.17) is 0 Å². The Labute approximate surface area is 133 Å². The van der Waals surface area contributed by atoms with E-state index in [-0.39, 0.29) is 11.8 Å². The first-order valence-electron chi connectivity index (χ1n) is 7.04. The van der Waals surface area contributed by atoms with Gasteiger partial charge in [-0.05, 0) is 0 Å². The van der Waals surface area contributed by atoms with Crippen LogP contribution in [0.2, 0.25) is 29.6 Å². The second-order valence-corrected chi connectivity index (χ2v) is 39.0. The summed E-state index contributed by atoms with van der Waals surface area (Å²) in [5, 5.41) is 0. The fourth-order valence-corrected chi connectivity index (χ4v) is 19.0. The van der Waals surface area contributed by atoms with Crippen LogP contribution in [0.4, 0.5) is 0 Å². The number of amides is 2. The number of thiophene rings is 1. The van der Waals surface area contributed by atoms with Gasteiger partial charge in [-0.1, -0.05) is 0 Å². The monoisotopic (exact) mass is 509 g/mol. The molecule has 1 aromatic rings. The van der Waals surface area contributed by atoms with Crippen molar-refractivity contribution in [2.24, 2.45) is 0 Å². The predicted octanol–water partition coefficient (Wildman–Crippen LogP) is 2.45. The van der Waals surface area contributed by atoms with E-state index >= 15 is 0 Å². The van der Waals surface area contributed by atoms with Crippen molar-refractivity contribution in [2.45, 2.75) is 36.6 Å². The first kappa shape index (κ1) is 16.8. The molecule has 110 valence electrons. The molecular weight excluding hydrogens is 484 g/mol. The minimum atomic E-state index is -2.39. The summed E-state index contributed by atoms with van der Waals surface area (Å²) < 4.78 is 2.59. The third-order valence-corrected chi connectivity index (χ3v) is 23.5. The summed E-state index contributed by atoms with van der Waals surface area (Å²) in [7, 11) is 0. The van der Waals surface area contributed by atoms with Gasteiger partial charge >= 0.3 is 134 Å². The number of carbonyl (C=O) groups excluding carboxylic acids is 2. The molecule has 2 rings (SSSR count). The van der Waals surface area contributed by atoms with Crippen molar-refractivity contribution in [1.29, 1.82) is 0 Å². The predicted molar refractivity (Wildman–Crippen MR) is 91.3 cm³/mol. The number of imide groups is 1. The molecule has 3 nitrogen and oxygen atoms in total. The van der Waals surface area contributed by atoms with Gasteiger partial charge in [-0.25, -0.2) is 0 Å². The first-order valence-corrected chi connectivity index (χ1v) is 27.8. The van der Waals surface area contributed by atoms with Gasteiger partial charge in [0, 0.05) is 0 Å². The molecule has 1 aliphatic rings. The van der Waals surface area contributed by atoms with E-state index in [1.54, 1.807) is 0 Å². The number of hydrogen-bond donors (Lipinski definition) is 0. The summed E-state index contributed by atoms with van der Waals surface area (Å²) in [6.45, 7) is 2.36. The van der Waals surface area contributed by atoms with Crippen molar-refractivity contribution in [2.75, 3.05) is 6.54 Å². The Balaban J connectivity index is 2.78. The van der Waals surface area contributed by atoms with Gasteiger partial charge in [-0.15, -0.1) is 0 Å². The van der Waals surface area contributed by atoms with Crippen LogP contribution in [0.3, 0.4) is 0 Å². The molecule has 0 aromatic carbocycles. The fraction of sp³-hybridized carbons (Fsp3) is 0.571. The van der Waals surface area contributed by atoms with Crippen LogP contribution in [0, 0.1) is 0 Å². The molecule has 1 aliphatic heterocycles. The van der Waals surface area contributed by atoms with E-state index in [0.29, 0.717) is 6.54 Å². The number of nitrogens with zero attached hydrogens (tertiary/aromatic N) is 1. The molecule has 2 amide bonds. The molecule has 1 aromatic heterocycles. The van der Waals surface area contributed by atoms with Crippen molar-refractivity contribution in [1.82, 2.24) is 4.90 Å². The van der Waals surface area contributed by atoms with Gasteiger partial charge in [-0.2, -0.15) is 0 Å². The molecule has 0 aliphatic carbocycles. The zero-order valence-corrected chi connectivity index (χ0v) is 19.9. The molecule has 0 bridgehead atoms. The van der Waals surface area contributed by atoms with E-state index in [2.05, 4.69) is 29.6 Å². The Morgan fingerprint density at radius 1 is 0.850 bits per heavy atom. The second-order valence-electron chi connectivity index (χ2n) is 7.36. The Morgan fingerprint density at radius 3 is 1.45 bits per heavy atom. The van der Waals surface area contributed by atoms with Crippen LogP contribution in [0.1, 0.15) is 27.6 Å². The van der Waals surface area contributed by atoms with Crippen LogP contribution in [-0.4, -0.2) is 60.0 Å². The Morgan fingerprint density at radius 2 is 1.20 bits per heavy atom. The molecule has 0 atom stereocenters. The zero-order chi connectivity index (χ0) is 15.5. The number of rotatable bonds is 3. The molecule has 0 spiro atoms. The summed E-state index contributed by atoms with van der Waals surface area (Å²) in [6.07, 6.45) is 0. The van der Waals surface area contributed by atoms with Gasteiger partial charge in [0.1, 0.15) is 0 Å². The molecule has 0 fully saturated rings. The quantitative estimate of drug-likeness (QED) is 0.467. The normalized spacial score (nSPS) is 16.1. The number of fused-ring (bicyclic) bond motifs is 1. The van der Waals surface area contributed by atoms with Crippen molar-refractivity contribution < 1.29 is 9.59 Å². The average molecular weight is 507 g/mol. The van der Waals surface area contributed by atoms with Crippen LogP contribution < -0.4 is 5.79 Å². The van der Waals surface area contributed by atoms with E-state index in [1.165, 1.54) is 10.7 Å². The molecule has 0 saturated carbocycles.